The number of aliphatic hydroxyl groups is 2. The predicted octanol–water partition coefficient (Wildman–Crippen LogP) is 1.74. The lowest BCUT2D eigenvalue weighted by molar-refractivity contribution is 0.0975. The van der Waals surface area contributed by atoms with E-state index in [4.69, 9.17) is 37.9 Å². The summed E-state index contributed by atoms with van der Waals surface area (Å²) in [6.07, 6.45) is 0.892. The molecule has 0 saturated carbocycles. The second-order valence-corrected chi connectivity index (χ2v) is 13.1. The zero-order chi connectivity index (χ0) is 33.5. The molecule has 14 nitrogen and oxygen atoms in total. The summed E-state index contributed by atoms with van der Waals surface area (Å²) in [5.74, 6) is -0.988. The van der Waals surface area contributed by atoms with Crippen LogP contribution in [-0.2, 0) is 9.09 Å². The minimum absolute atomic E-state index is 0.00939. The molecule has 1 unspecified atom stereocenters. The molecule has 1 aliphatic heterocycles. The van der Waals surface area contributed by atoms with Crippen LogP contribution in [0.3, 0.4) is 0 Å². The molecule has 1 saturated heterocycles. The van der Waals surface area contributed by atoms with Crippen LogP contribution in [0.2, 0.25) is 0 Å². The van der Waals surface area contributed by atoms with E-state index in [2.05, 4.69) is 26.4 Å². The Kier molecular flexibility index (Phi) is 16.0. The van der Waals surface area contributed by atoms with Crippen LogP contribution in [-0.4, -0.2) is 127 Å². The molecule has 1 aliphatic carbocycles. The third-order valence-corrected chi connectivity index (χ3v) is 9.69. The van der Waals surface area contributed by atoms with Crippen molar-refractivity contribution in [3.05, 3.63) is 46.5 Å². The molecule has 4 rings (SSSR count). The number of carbonyl (C=O) groups is 2. The van der Waals surface area contributed by atoms with E-state index in [1.54, 1.807) is 16.8 Å². The summed E-state index contributed by atoms with van der Waals surface area (Å²) >= 11 is 11.1. The number of alkyl halides is 2. The summed E-state index contributed by atoms with van der Waals surface area (Å²) in [5.41, 5.74) is 0.678. The van der Waals surface area contributed by atoms with Crippen molar-refractivity contribution in [1.82, 2.24) is 20.4 Å². The summed E-state index contributed by atoms with van der Waals surface area (Å²) in [6, 6.07) is 5.74. The Bertz CT molecular complexity index is 1290. The lowest BCUT2D eigenvalue weighted by Gasteiger charge is -2.34. The largest absolute Gasteiger partial charge is 0.507 e. The van der Waals surface area contributed by atoms with Gasteiger partial charge in [-0.15, -0.1) is 23.2 Å². The molecule has 1 heterocycles. The Morgan fingerprint density at radius 1 is 0.739 bits per heavy atom. The fraction of sp³-hybridized carbons (Fsp3) is 0.517. The lowest BCUT2D eigenvalue weighted by atomic mass is 9.81. The van der Waals surface area contributed by atoms with Gasteiger partial charge in [-0.25, -0.2) is 9.76 Å². The highest BCUT2D eigenvalue weighted by Crippen LogP contribution is 2.48. The highest BCUT2D eigenvalue weighted by Gasteiger charge is 2.38. The molecular formula is C29H43Cl2N6O8P. The second kappa shape index (κ2) is 19.4. The highest BCUT2D eigenvalue weighted by molar-refractivity contribution is 7.54. The van der Waals surface area contributed by atoms with Gasteiger partial charge in [0.1, 0.15) is 11.5 Å². The fourth-order valence-electron chi connectivity index (χ4n) is 4.96. The number of fused-ring (bicyclic) bond motifs is 2. The first-order valence-corrected chi connectivity index (χ1v) is 17.7. The van der Waals surface area contributed by atoms with Gasteiger partial charge < -0.3 is 46.2 Å². The number of carbonyl (C=O) groups excluding carboxylic acids is 2. The first kappa shape index (κ1) is 38.0. The molecule has 9 N–H and O–H groups in total. The molecular weight excluding hydrogens is 662 g/mol. The van der Waals surface area contributed by atoms with Gasteiger partial charge in [0.25, 0.3) is 0 Å². The minimum Gasteiger partial charge on any atom is -0.507 e. The maximum atomic E-state index is 13.4. The van der Waals surface area contributed by atoms with E-state index in [1.165, 1.54) is 12.1 Å². The fourth-order valence-corrected chi connectivity index (χ4v) is 7.50. The number of anilines is 2. The Morgan fingerprint density at radius 3 is 1.72 bits per heavy atom. The molecule has 0 spiro atoms. The number of phenols is 2. The number of aromatic hydroxyl groups is 2. The molecule has 2 aromatic carbocycles. The normalized spacial score (nSPS) is 17.6. The number of aliphatic hydroxyl groups excluding tert-OH is 2. The van der Waals surface area contributed by atoms with Crippen LogP contribution in [0, 0.1) is 0 Å². The monoisotopic (exact) mass is 704 g/mol. The maximum Gasteiger partial charge on any atom is 0.343 e. The first-order valence-electron chi connectivity index (χ1n) is 15.0. The average molecular weight is 706 g/mol. The van der Waals surface area contributed by atoms with E-state index in [9.17, 15) is 24.4 Å². The highest BCUT2D eigenvalue weighted by atomic mass is 35.5. The van der Waals surface area contributed by atoms with E-state index in [1.807, 2.05) is 0 Å². The topological polar surface area (TPSA) is 205 Å². The van der Waals surface area contributed by atoms with E-state index in [0.717, 1.165) is 13.0 Å². The van der Waals surface area contributed by atoms with Gasteiger partial charge in [0.2, 0.25) is 11.6 Å². The van der Waals surface area contributed by atoms with E-state index in [-0.39, 0.29) is 47.0 Å². The quantitative estimate of drug-likeness (QED) is 0.0425. The molecule has 46 heavy (non-hydrogen) atoms. The molecule has 0 bridgehead atoms. The number of nitrogens with zero attached hydrogens (tertiary/aromatic N) is 1. The van der Waals surface area contributed by atoms with Crippen molar-refractivity contribution < 1.29 is 39.1 Å². The summed E-state index contributed by atoms with van der Waals surface area (Å²) < 4.78 is 19.2. The third kappa shape index (κ3) is 9.77. The third-order valence-electron chi connectivity index (χ3n) is 7.03. The number of ketones is 2. The van der Waals surface area contributed by atoms with Crippen molar-refractivity contribution in [2.45, 2.75) is 6.42 Å². The van der Waals surface area contributed by atoms with E-state index < -0.39 is 19.2 Å². The maximum absolute atomic E-state index is 13.4. The number of halogens is 2. The summed E-state index contributed by atoms with van der Waals surface area (Å²) in [5, 5.41) is 53.4. The summed E-state index contributed by atoms with van der Waals surface area (Å²) in [7, 11) is -2.84. The summed E-state index contributed by atoms with van der Waals surface area (Å²) in [4.78, 5) is 26.7. The van der Waals surface area contributed by atoms with Crippen molar-refractivity contribution in [2.24, 2.45) is 0 Å². The van der Waals surface area contributed by atoms with Gasteiger partial charge >= 0.3 is 7.67 Å². The molecule has 2 aromatic rings. The Hall–Kier alpha value is -2.49. The van der Waals surface area contributed by atoms with Crippen LogP contribution in [0.5, 0.6) is 11.5 Å². The standard InChI is InChI=1S/C22H28N4O6.C7H15Cl2N2O2P/c27-11-9-23-5-7-25-13-1-2-14(26-8-6-24-10-12-28)18-17(13)21(31)19-15(29)3-4-16(30)20(19)22(18)32;8-2-4-10-14(12)11(6-3-9)5-1-7-13-14/h1-4,23-30H,5-12H2;1-7H2,(H,10,12). The predicted molar refractivity (Wildman–Crippen MR) is 179 cm³/mol. The number of hydrogen-bond acceptors (Lipinski definition) is 12. The molecule has 0 aromatic heterocycles. The van der Waals surface area contributed by atoms with Crippen molar-refractivity contribution >= 4 is 53.8 Å². The SMILES string of the molecule is O=C1c2c(O)ccc(O)c2C(=O)c2c(NCCNCCO)ccc(NCCNCCO)c21.O=P1(NCCCl)OCCCN1CCCl. The van der Waals surface area contributed by atoms with E-state index in [0.29, 0.717) is 82.1 Å². The van der Waals surface area contributed by atoms with E-state index >= 15 is 0 Å². The van der Waals surface area contributed by atoms with Crippen molar-refractivity contribution in [3.8, 4) is 11.5 Å². The van der Waals surface area contributed by atoms with Gasteiger partial charge in [0.05, 0.1) is 42.1 Å². The smallest absolute Gasteiger partial charge is 0.343 e. The second-order valence-electron chi connectivity index (χ2n) is 10.2. The zero-order valence-electron chi connectivity index (χ0n) is 25.5. The number of phenolic OH excluding ortho intramolecular Hbond substituents is 2. The molecule has 1 fully saturated rings. The first-order chi connectivity index (χ1) is 22.2. The van der Waals surface area contributed by atoms with Crippen LogP contribution in [0.25, 0.3) is 0 Å². The Balaban J connectivity index is 0.000000344. The lowest BCUT2D eigenvalue weighted by Crippen LogP contribution is -2.36. The molecule has 256 valence electrons. The minimum atomic E-state index is -2.84. The van der Waals surface area contributed by atoms with Gasteiger partial charge in [-0.1, -0.05) is 0 Å². The van der Waals surface area contributed by atoms with Crippen LogP contribution < -0.4 is 26.4 Å². The number of rotatable bonds is 17. The summed E-state index contributed by atoms with van der Waals surface area (Å²) in [6.45, 7) is 5.17. The van der Waals surface area contributed by atoms with Gasteiger partial charge in [-0.2, -0.15) is 0 Å². The molecule has 1 atom stereocenters. The van der Waals surface area contributed by atoms with Crippen LogP contribution >= 0.6 is 30.9 Å². The number of nitrogens with one attached hydrogen (secondary N) is 5. The molecule has 17 heteroatoms. The van der Waals surface area contributed by atoms with Gasteiger partial charge in [-0.3, -0.25) is 14.2 Å². The van der Waals surface area contributed by atoms with Crippen molar-refractivity contribution in [3.63, 3.8) is 0 Å². The van der Waals surface area contributed by atoms with Gasteiger partial charge in [0.15, 0.2) is 0 Å². The zero-order valence-corrected chi connectivity index (χ0v) is 27.9. The van der Waals surface area contributed by atoms with Crippen molar-refractivity contribution in [2.75, 3.05) is 101 Å². The van der Waals surface area contributed by atoms with Crippen molar-refractivity contribution in [1.29, 1.82) is 0 Å². The number of hydrogen-bond donors (Lipinski definition) is 9. The van der Waals surface area contributed by atoms with Gasteiger partial charge in [-0.05, 0) is 30.7 Å². The molecule has 0 radical (unpaired) electrons. The van der Waals surface area contributed by atoms with Crippen LogP contribution in [0.15, 0.2) is 24.3 Å². The van der Waals surface area contributed by atoms with Crippen LogP contribution in [0.1, 0.15) is 38.3 Å². The average Bonchev–Trinajstić information content (AvgIpc) is 3.05. The van der Waals surface area contributed by atoms with Gasteiger partial charge in [0, 0.05) is 82.0 Å². The number of benzene rings is 2. The molecule has 0 amide bonds. The molecule has 2 aliphatic rings. The Morgan fingerprint density at radius 2 is 1.26 bits per heavy atom. The van der Waals surface area contributed by atoms with Crippen LogP contribution in [0.4, 0.5) is 11.4 Å². The Labute approximate surface area is 278 Å².